The number of hydrogen-bond acceptors (Lipinski definition) is 5. The number of anilines is 2. The molecular formula is C13H15N3O2S. The fourth-order valence-corrected chi connectivity index (χ4v) is 2.62. The van der Waals surface area contributed by atoms with E-state index in [0.717, 1.165) is 12.1 Å². The van der Waals surface area contributed by atoms with Crippen LogP contribution < -0.4 is 11.1 Å². The van der Waals surface area contributed by atoms with Crippen LogP contribution in [0.3, 0.4) is 0 Å². The molecule has 0 saturated heterocycles. The molecule has 1 aromatic carbocycles. The Labute approximate surface area is 115 Å². The number of nitro groups is 1. The SMILES string of the molecule is CCc1ccc(CNc2ccc([N+](=O)[O-])c(N)c2)s1. The molecule has 0 saturated carbocycles. The summed E-state index contributed by atoms with van der Waals surface area (Å²) in [5, 5.41) is 13.9. The lowest BCUT2D eigenvalue weighted by atomic mass is 10.2. The molecule has 0 aliphatic rings. The molecule has 1 heterocycles. The van der Waals surface area contributed by atoms with E-state index in [9.17, 15) is 10.1 Å². The van der Waals surface area contributed by atoms with Gasteiger partial charge in [-0.3, -0.25) is 10.1 Å². The van der Waals surface area contributed by atoms with Crippen molar-refractivity contribution in [2.24, 2.45) is 0 Å². The summed E-state index contributed by atoms with van der Waals surface area (Å²) in [6, 6.07) is 8.88. The molecule has 0 amide bonds. The zero-order valence-electron chi connectivity index (χ0n) is 10.6. The van der Waals surface area contributed by atoms with E-state index in [1.54, 1.807) is 23.5 Å². The zero-order chi connectivity index (χ0) is 13.8. The highest BCUT2D eigenvalue weighted by Gasteiger charge is 2.10. The quantitative estimate of drug-likeness (QED) is 0.498. The molecular weight excluding hydrogens is 262 g/mol. The maximum Gasteiger partial charge on any atom is 0.292 e. The molecule has 6 heteroatoms. The standard InChI is InChI=1S/C13H15N3O2S/c1-2-10-4-5-11(19-10)8-15-9-3-6-13(16(17)18)12(14)7-9/h3-7,15H,2,8,14H2,1H3. The lowest BCUT2D eigenvalue weighted by Gasteiger charge is -2.06. The molecule has 1 aromatic heterocycles. The van der Waals surface area contributed by atoms with E-state index >= 15 is 0 Å². The van der Waals surface area contributed by atoms with Gasteiger partial charge in [-0.2, -0.15) is 0 Å². The van der Waals surface area contributed by atoms with Gasteiger partial charge >= 0.3 is 0 Å². The topological polar surface area (TPSA) is 81.2 Å². The molecule has 0 aliphatic carbocycles. The Bertz CT molecular complexity index is 595. The highest BCUT2D eigenvalue weighted by atomic mass is 32.1. The van der Waals surface area contributed by atoms with Crippen LogP contribution in [0.15, 0.2) is 30.3 Å². The minimum Gasteiger partial charge on any atom is -0.393 e. The van der Waals surface area contributed by atoms with Gasteiger partial charge in [0.1, 0.15) is 5.69 Å². The van der Waals surface area contributed by atoms with Gasteiger partial charge in [-0.05, 0) is 30.7 Å². The van der Waals surface area contributed by atoms with E-state index in [2.05, 4.69) is 24.4 Å². The number of aryl methyl sites for hydroxylation is 1. The van der Waals surface area contributed by atoms with Crippen LogP contribution in [0, 0.1) is 10.1 Å². The van der Waals surface area contributed by atoms with Gasteiger partial charge in [-0.1, -0.05) is 6.92 Å². The molecule has 0 fully saturated rings. The van der Waals surface area contributed by atoms with Crippen molar-refractivity contribution in [3.05, 3.63) is 50.2 Å². The molecule has 2 aromatic rings. The predicted molar refractivity (Wildman–Crippen MR) is 78.5 cm³/mol. The number of nitrogens with zero attached hydrogens (tertiary/aromatic N) is 1. The third-order valence-electron chi connectivity index (χ3n) is 2.76. The second kappa shape index (κ2) is 5.71. The Morgan fingerprint density at radius 3 is 2.63 bits per heavy atom. The molecule has 0 radical (unpaired) electrons. The first-order valence-electron chi connectivity index (χ1n) is 5.95. The highest BCUT2D eigenvalue weighted by Crippen LogP contribution is 2.25. The maximum absolute atomic E-state index is 10.7. The summed E-state index contributed by atoms with van der Waals surface area (Å²) in [4.78, 5) is 12.8. The van der Waals surface area contributed by atoms with Crippen molar-refractivity contribution in [1.82, 2.24) is 0 Å². The number of benzene rings is 1. The van der Waals surface area contributed by atoms with Gasteiger partial charge < -0.3 is 11.1 Å². The fraction of sp³-hybridized carbons (Fsp3) is 0.231. The van der Waals surface area contributed by atoms with Crippen molar-refractivity contribution < 1.29 is 4.92 Å². The summed E-state index contributed by atoms with van der Waals surface area (Å²) in [5.74, 6) is 0. The number of nitrogens with two attached hydrogens (primary N) is 1. The average molecular weight is 277 g/mol. The predicted octanol–water partition coefficient (Wildman–Crippen LogP) is 3.41. The second-order valence-corrected chi connectivity index (χ2v) is 5.36. The van der Waals surface area contributed by atoms with Crippen molar-refractivity contribution in [2.45, 2.75) is 19.9 Å². The number of nitrogen functional groups attached to an aromatic ring is 1. The lowest BCUT2D eigenvalue weighted by molar-refractivity contribution is -0.383. The summed E-state index contributed by atoms with van der Waals surface area (Å²) in [6.45, 7) is 2.82. The van der Waals surface area contributed by atoms with Crippen LogP contribution in [0.25, 0.3) is 0 Å². The van der Waals surface area contributed by atoms with Crippen LogP contribution in [-0.2, 0) is 13.0 Å². The molecule has 100 valence electrons. The smallest absolute Gasteiger partial charge is 0.292 e. The maximum atomic E-state index is 10.7. The van der Waals surface area contributed by atoms with Crippen LogP contribution in [0.1, 0.15) is 16.7 Å². The lowest BCUT2D eigenvalue weighted by Crippen LogP contribution is -2.00. The first-order chi connectivity index (χ1) is 9.10. The summed E-state index contributed by atoms with van der Waals surface area (Å²) >= 11 is 1.76. The van der Waals surface area contributed by atoms with Crippen LogP contribution >= 0.6 is 11.3 Å². The number of rotatable bonds is 5. The van der Waals surface area contributed by atoms with Gasteiger partial charge in [0.25, 0.3) is 5.69 Å². The largest absolute Gasteiger partial charge is 0.393 e. The van der Waals surface area contributed by atoms with Crippen LogP contribution in [-0.4, -0.2) is 4.92 Å². The van der Waals surface area contributed by atoms with Crippen molar-refractivity contribution in [1.29, 1.82) is 0 Å². The van der Waals surface area contributed by atoms with Crippen LogP contribution in [0.5, 0.6) is 0 Å². The average Bonchev–Trinajstić information content (AvgIpc) is 2.84. The first kappa shape index (κ1) is 13.4. The molecule has 0 unspecified atom stereocenters. The Morgan fingerprint density at radius 2 is 2.05 bits per heavy atom. The second-order valence-electron chi connectivity index (χ2n) is 4.11. The van der Waals surface area contributed by atoms with E-state index in [0.29, 0.717) is 6.54 Å². The van der Waals surface area contributed by atoms with E-state index in [1.807, 2.05) is 0 Å². The zero-order valence-corrected chi connectivity index (χ0v) is 11.4. The number of nitro benzene ring substituents is 1. The molecule has 0 bridgehead atoms. The van der Waals surface area contributed by atoms with E-state index in [-0.39, 0.29) is 11.4 Å². The van der Waals surface area contributed by atoms with Crippen molar-refractivity contribution in [3.8, 4) is 0 Å². The van der Waals surface area contributed by atoms with Gasteiger partial charge in [0.05, 0.1) is 4.92 Å². The number of hydrogen-bond donors (Lipinski definition) is 2. The van der Waals surface area contributed by atoms with Crippen LogP contribution in [0.4, 0.5) is 17.1 Å². The normalized spacial score (nSPS) is 10.4. The summed E-state index contributed by atoms with van der Waals surface area (Å²) in [7, 11) is 0. The number of thiophene rings is 1. The first-order valence-corrected chi connectivity index (χ1v) is 6.77. The van der Waals surface area contributed by atoms with Crippen LogP contribution in [0.2, 0.25) is 0 Å². The van der Waals surface area contributed by atoms with Gasteiger partial charge in [0, 0.05) is 28.1 Å². The van der Waals surface area contributed by atoms with Crippen molar-refractivity contribution in [3.63, 3.8) is 0 Å². The van der Waals surface area contributed by atoms with E-state index in [4.69, 9.17) is 5.73 Å². The molecule has 0 atom stereocenters. The van der Waals surface area contributed by atoms with Gasteiger partial charge in [-0.15, -0.1) is 11.3 Å². The Hall–Kier alpha value is -2.08. The monoisotopic (exact) mass is 277 g/mol. The molecule has 5 nitrogen and oxygen atoms in total. The Morgan fingerprint density at radius 1 is 1.32 bits per heavy atom. The Balaban J connectivity index is 2.03. The highest BCUT2D eigenvalue weighted by molar-refractivity contribution is 7.12. The Kier molecular flexibility index (Phi) is 4.01. The third-order valence-corrected chi connectivity index (χ3v) is 3.99. The van der Waals surface area contributed by atoms with Gasteiger partial charge in [0.2, 0.25) is 0 Å². The molecule has 2 rings (SSSR count). The van der Waals surface area contributed by atoms with Crippen molar-refractivity contribution >= 4 is 28.4 Å². The molecule has 0 aliphatic heterocycles. The summed E-state index contributed by atoms with van der Waals surface area (Å²) in [6.07, 6.45) is 1.04. The third kappa shape index (κ3) is 3.23. The molecule has 19 heavy (non-hydrogen) atoms. The summed E-state index contributed by atoms with van der Waals surface area (Å²) < 4.78 is 0. The fourth-order valence-electron chi connectivity index (χ4n) is 1.73. The summed E-state index contributed by atoms with van der Waals surface area (Å²) in [5.41, 5.74) is 6.54. The minimum atomic E-state index is -0.480. The number of nitrogens with one attached hydrogen (secondary N) is 1. The van der Waals surface area contributed by atoms with Gasteiger partial charge in [0.15, 0.2) is 0 Å². The minimum absolute atomic E-state index is 0.0602. The molecule has 3 N–H and O–H groups in total. The molecule has 0 spiro atoms. The van der Waals surface area contributed by atoms with Gasteiger partial charge in [-0.25, -0.2) is 0 Å². The van der Waals surface area contributed by atoms with E-state index in [1.165, 1.54) is 15.8 Å². The van der Waals surface area contributed by atoms with E-state index < -0.39 is 4.92 Å². The van der Waals surface area contributed by atoms with Crippen molar-refractivity contribution in [2.75, 3.05) is 11.1 Å².